The van der Waals surface area contributed by atoms with Crippen molar-refractivity contribution in [3.05, 3.63) is 0 Å². The van der Waals surface area contributed by atoms with Crippen LogP contribution in [0.15, 0.2) is 0 Å². The van der Waals surface area contributed by atoms with Gasteiger partial charge in [-0.25, -0.2) is 0 Å². The van der Waals surface area contributed by atoms with Gasteiger partial charge in [-0.1, -0.05) is 13.3 Å². The minimum Gasteiger partial charge on any atom is -0.389 e. The second-order valence-electron chi connectivity index (χ2n) is 10.1. The molecule has 1 heterocycles. The minimum absolute atomic E-state index is 0.313. The molecule has 0 amide bonds. The molecule has 144 valence electrons. The Kier molecular flexibility index (Phi) is 5.74. The van der Waals surface area contributed by atoms with Crippen LogP contribution in [0.5, 0.6) is 0 Å². The zero-order valence-corrected chi connectivity index (χ0v) is 16.3. The highest BCUT2D eigenvalue weighted by molar-refractivity contribution is 5.01. The maximum atomic E-state index is 10.4. The van der Waals surface area contributed by atoms with E-state index in [0.717, 1.165) is 43.4 Å². The van der Waals surface area contributed by atoms with Crippen LogP contribution in [0.4, 0.5) is 0 Å². The highest BCUT2D eigenvalue weighted by Gasteiger charge is 2.50. The summed E-state index contributed by atoms with van der Waals surface area (Å²) in [6.45, 7) is 6.80. The van der Waals surface area contributed by atoms with E-state index in [1.54, 1.807) is 0 Å². The van der Waals surface area contributed by atoms with Crippen molar-refractivity contribution in [2.45, 2.75) is 77.2 Å². The maximum absolute atomic E-state index is 10.4. The molecule has 1 aliphatic heterocycles. The zero-order chi connectivity index (χ0) is 17.3. The molecular formula is C22H39NO2. The van der Waals surface area contributed by atoms with Gasteiger partial charge in [0.25, 0.3) is 0 Å². The lowest BCUT2D eigenvalue weighted by Gasteiger charge is -2.57. The fourth-order valence-corrected chi connectivity index (χ4v) is 7.11. The zero-order valence-electron chi connectivity index (χ0n) is 16.3. The lowest BCUT2D eigenvalue weighted by atomic mass is 9.49. The van der Waals surface area contributed by atoms with Crippen molar-refractivity contribution in [1.29, 1.82) is 0 Å². The van der Waals surface area contributed by atoms with Crippen LogP contribution in [0, 0.1) is 29.1 Å². The Bertz CT molecular complexity index is 402. The number of hydrogen-bond donors (Lipinski definition) is 1. The van der Waals surface area contributed by atoms with Gasteiger partial charge in [0.1, 0.15) is 0 Å². The highest BCUT2D eigenvalue weighted by Crippen LogP contribution is 2.61. The third-order valence-corrected chi connectivity index (χ3v) is 7.90. The van der Waals surface area contributed by atoms with Crippen molar-refractivity contribution < 1.29 is 9.84 Å². The Morgan fingerprint density at radius 1 is 1.12 bits per heavy atom. The Morgan fingerprint density at radius 2 is 1.80 bits per heavy atom. The molecule has 0 radical (unpaired) electrons. The maximum Gasteiger partial charge on any atom is 0.0900 e. The molecule has 4 saturated carbocycles. The van der Waals surface area contributed by atoms with Crippen molar-refractivity contribution in [3.8, 4) is 0 Å². The topological polar surface area (TPSA) is 32.7 Å². The first kappa shape index (κ1) is 18.3. The molecule has 4 bridgehead atoms. The summed E-state index contributed by atoms with van der Waals surface area (Å²) in [5.74, 6) is 3.92. The number of nitrogens with zero attached hydrogens (tertiary/aromatic N) is 1. The summed E-state index contributed by atoms with van der Waals surface area (Å²) in [6, 6.07) is 0. The van der Waals surface area contributed by atoms with Gasteiger partial charge in [0.15, 0.2) is 0 Å². The van der Waals surface area contributed by atoms with E-state index in [4.69, 9.17) is 4.74 Å². The Hall–Kier alpha value is -0.120. The first-order valence-corrected chi connectivity index (χ1v) is 11.1. The van der Waals surface area contributed by atoms with E-state index in [9.17, 15) is 5.11 Å². The van der Waals surface area contributed by atoms with Crippen molar-refractivity contribution in [3.63, 3.8) is 0 Å². The summed E-state index contributed by atoms with van der Waals surface area (Å²) >= 11 is 0. The number of β-amino-alcohol motifs (C(OH)–C–C–N with tert-alkyl or cyclic N) is 1. The molecule has 2 unspecified atom stereocenters. The number of aliphatic hydroxyl groups excluding tert-OH is 1. The molecule has 3 nitrogen and oxygen atoms in total. The molecule has 1 saturated heterocycles. The average Bonchev–Trinajstić information content (AvgIpc) is 2.58. The van der Waals surface area contributed by atoms with Gasteiger partial charge in [0, 0.05) is 19.7 Å². The van der Waals surface area contributed by atoms with Crippen LogP contribution in [0.1, 0.15) is 71.1 Å². The first-order valence-electron chi connectivity index (χ1n) is 11.1. The summed E-state index contributed by atoms with van der Waals surface area (Å²) in [6.07, 6.45) is 13.8. The fraction of sp³-hybridized carbons (Fsp3) is 1.00. The summed E-state index contributed by atoms with van der Waals surface area (Å²) < 4.78 is 5.95. The molecule has 0 aromatic rings. The van der Waals surface area contributed by atoms with Gasteiger partial charge in [-0.15, -0.1) is 0 Å². The molecule has 0 aromatic carbocycles. The number of likely N-dealkylation sites (tertiary alicyclic amines) is 1. The van der Waals surface area contributed by atoms with Crippen molar-refractivity contribution in [2.75, 3.05) is 32.8 Å². The number of rotatable bonds is 8. The number of aliphatic hydroxyl groups is 1. The Balaban J connectivity index is 1.15. The summed E-state index contributed by atoms with van der Waals surface area (Å²) in [5.41, 5.74) is 0.612. The second-order valence-corrected chi connectivity index (χ2v) is 10.1. The summed E-state index contributed by atoms with van der Waals surface area (Å²) in [5, 5.41) is 10.4. The molecular weight excluding hydrogens is 310 g/mol. The molecule has 25 heavy (non-hydrogen) atoms. The molecule has 0 spiro atoms. The largest absolute Gasteiger partial charge is 0.389 e. The SMILES string of the molecule is CCC1CCCN(CC(O)COCCC23CC4CC(CC(C4)C2)C3)C1. The van der Waals surface area contributed by atoms with E-state index in [2.05, 4.69) is 11.8 Å². The van der Waals surface area contributed by atoms with E-state index in [0.29, 0.717) is 12.0 Å². The van der Waals surface area contributed by atoms with Crippen molar-refractivity contribution in [2.24, 2.45) is 29.1 Å². The van der Waals surface area contributed by atoms with E-state index in [1.807, 2.05) is 0 Å². The van der Waals surface area contributed by atoms with E-state index >= 15 is 0 Å². The highest BCUT2D eigenvalue weighted by atomic mass is 16.5. The van der Waals surface area contributed by atoms with Crippen LogP contribution in [-0.4, -0.2) is 49.0 Å². The molecule has 5 aliphatic rings. The van der Waals surface area contributed by atoms with E-state index in [-0.39, 0.29) is 6.10 Å². The normalized spacial score (nSPS) is 42.0. The van der Waals surface area contributed by atoms with Crippen molar-refractivity contribution in [1.82, 2.24) is 4.90 Å². The fourth-order valence-electron chi connectivity index (χ4n) is 7.11. The van der Waals surface area contributed by atoms with Crippen LogP contribution in [0.3, 0.4) is 0 Å². The molecule has 2 atom stereocenters. The summed E-state index contributed by atoms with van der Waals surface area (Å²) in [4.78, 5) is 2.45. The molecule has 5 rings (SSSR count). The van der Waals surface area contributed by atoms with Crippen LogP contribution in [-0.2, 0) is 4.74 Å². The predicted octanol–water partition coefficient (Wildman–Crippen LogP) is 4.09. The van der Waals surface area contributed by atoms with E-state index in [1.165, 1.54) is 70.8 Å². The van der Waals surface area contributed by atoms with E-state index < -0.39 is 0 Å². The number of ether oxygens (including phenoxy) is 1. The lowest BCUT2D eigenvalue weighted by molar-refractivity contribution is -0.0744. The average molecular weight is 350 g/mol. The van der Waals surface area contributed by atoms with Gasteiger partial charge in [0.05, 0.1) is 12.7 Å². The second kappa shape index (κ2) is 7.86. The summed E-state index contributed by atoms with van der Waals surface area (Å²) in [7, 11) is 0. The smallest absolute Gasteiger partial charge is 0.0900 e. The predicted molar refractivity (Wildman–Crippen MR) is 102 cm³/mol. The third-order valence-electron chi connectivity index (χ3n) is 7.90. The molecule has 5 fully saturated rings. The molecule has 1 N–H and O–H groups in total. The van der Waals surface area contributed by atoms with Crippen LogP contribution in [0.25, 0.3) is 0 Å². The molecule has 3 heteroatoms. The standard InChI is InChI=1S/C22H39NO2/c1-2-17-4-3-6-23(14-17)15-21(24)16-25-7-5-22-11-18-8-19(12-22)10-20(9-18)13-22/h17-21,24H,2-16H2,1H3. The Labute approximate surface area is 154 Å². The van der Waals surface area contributed by atoms with Gasteiger partial charge in [-0.2, -0.15) is 0 Å². The first-order chi connectivity index (χ1) is 12.1. The van der Waals surface area contributed by atoms with Crippen molar-refractivity contribution >= 4 is 0 Å². The van der Waals surface area contributed by atoms with Gasteiger partial charge in [-0.3, -0.25) is 0 Å². The van der Waals surface area contributed by atoms with Gasteiger partial charge >= 0.3 is 0 Å². The quantitative estimate of drug-likeness (QED) is 0.670. The minimum atomic E-state index is -0.313. The number of hydrogen-bond acceptors (Lipinski definition) is 3. The molecule has 4 aliphatic carbocycles. The van der Waals surface area contributed by atoms with Crippen LogP contribution < -0.4 is 0 Å². The van der Waals surface area contributed by atoms with Crippen LogP contribution in [0.2, 0.25) is 0 Å². The lowest BCUT2D eigenvalue weighted by Crippen LogP contribution is -2.46. The third kappa shape index (κ3) is 4.42. The van der Waals surface area contributed by atoms with Gasteiger partial charge in [0.2, 0.25) is 0 Å². The van der Waals surface area contributed by atoms with Gasteiger partial charge < -0.3 is 14.7 Å². The van der Waals surface area contributed by atoms with Gasteiger partial charge in [-0.05, 0) is 93.4 Å². The van der Waals surface area contributed by atoms with Crippen LogP contribution >= 0.6 is 0 Å². The molecule has 0 aromatic heterocycles. The Morgan fingerprint density at radius 3 is 2.44 bits per heavy atom. The monoisotopic (exact) mass is 349 g/mol. The number of piperidine rings is 1.